The lowest BCUT2D eigenvalue weighted by Crippen LogP contribution is -2.19. The van der Waals surface area contributed by atoms with Crippen molar-refractivity contribution in [2.24, 2.45) is 0 Å². The number of rotatable bonds is 5. The predicted molar refractivity (Wildman–Crippen MR) is 70.3 cm³/mol. The zero-order valence-electron chi connectivity index (χ0n) is 10.6. The monoisotopic (exact) mass is 246 g/mol. The number of anilines is 1. The van der Waals surface area contributed by atoms with Crippen molar-refractivity contribution in [2.75, 3.05) is 5.32 Å². The standard InChI is InChI=1S/C14H18N2O2/c1-10-5-6-15-14(8-10)16-11(2)9-12(17)13-4-3-7-18-13/h3-8,11-12,17H,9H2,1-2H3,(H,15,16)/t11-,12-/m1/s1. The van der Waals surface area contributed by atoms with Crippen molar-refractivity contribution >= 4 is 5.82 Å². The molecule has 0 spiro atoms. The minimum atomic E-state index is -0.590. The summed E-state index contributed by atoms with van der Waals surface area (Å²) >= 11 is 0. The molecule has 2 aromatic heterocycles. The quantitative estimate of drug-likeness (QED) is 0.851. The van der Waals surface area contributed by atoms with E-state index in [1.807, 2.05) is 26.0 Å². The highest BCUT2D eigenvalue weighted by atomic mass is 16.4. The van der Waals surface area contributed by atoms with Crippen molar-refractivity contribution in [2.45, 2.75) is 32.4 Å². The second-order valence-electron chi connectivity index (χ2n) is 4.53. The van der Waals surface area contributed by atoms with Gasteiger partial charge in [-0.05, 0) is 43.7 Å². The normalized spacial score (nSPS) is 14.2. The predicted octanol–water partition coefficient (Wildman–Crippen LogP) is 2.91. The van der Waals surface area contributed by atoms with Gasteiger partial charge in [-0.3, -0.25) is 0 Å². The summed E-state index contributed by atoms with van der Waals surface area (Å²) in [6.07, 6.45) is 3.32. The van der Waals surface area contributed by atoms with Gasteiger partial charge in [0.25, 0.3) is 0 Å². The molecule has 0 saturated carbocycles. The third kappa shape index (κ3) is 3.34. The van der Waals surface area contributed by atoms with Crippen LogP contribution in [0.5, 0.6) is 0 Å². The summed E-state index contributed by atoms with van der Waals surface area (Å²) in [4.78, 5) is 4.23. The lowest BCUT2D eigenvalue weighted by Gasteiger charge is -2.17. The summed E-state index contributed by atoms with van der Waals surface area (Å²) in [5.41, 5.74) is 1.16. The smallest absolute Gasteiger partial charge is 0.132 e. The maximum absolute atomic E-state index is 9.96. The third-order valence-electron chi connectivity index (χ3n) is 2.76. The molecule has 2 atom stereocenters. The van der Waals surface area contributed by atoms with Crippen LogP contribution < -0.4 is 5.32 Å². The lowest BCUT2D eigenvalue weighted by atomic mass is 10.1. The Morgan fingerprint density at radius 3 is 2.94 bits per heavy atom. The Labute approximate surface area is 107 Å². The molecule has 0 bridgehead atoms. The van der Waals surface area contributed by atoms with E-state index in [4.69, 9.17) is 4.42 Å². The van der Waals surface area contributed by atoms with Gasteiger partial charge in [0, 0.05) is 18.7 Å². The molecule has 0 fully saturated rings. The van der Waals surface area contributed by atoms with Crippen LogP contribution in [0.15, 0.2) is 41.1 Å². The van der Waals surface area contributed by atoms with Gasteiger partial charge in [-0.1, -0.05) is 0 Å². The number of pyridine rings is 1. The molecule has 0 aliphatic heterocycles. The molecule has 2 aromatic rings. The minimum Gasteiger partial charge on any atom is -0.467 e. The Morgan fingerprint density at radius 1 is 1.44 bits per heavy atom. The van der Waals surface area contributed by atoms with Crippen LogP contribution in [0.3, 0.4) is 0 Å². The molecule has 4 heteroatoms. The van der Waals surface area contributed by atoms with Gasteiger partial charge in [-0.15, -0.1) is 0 Å². The highest BCUT2D eigenvalue weighted by molar-refractivity contribution is 5.37. The highest BCUT2D eigenvalue weighted by Gasteiger charge is 2.14. The van der Waals surface area contributed by atoms with Gasteiger partial charge in [0.15, 0.2) is 0 Å². The molecule has 0 radical (unpaired) electrons. The summed E-state index contributed by atoms with van der Waals surface area (Å²) in [7, 11) is 0. The van der Waals surface area contributed by atoms with E-state index in [0.29, 0.717) is 12.2 Å². The van der Waals surface area contributed by atoms with Gasteiger partial charge in [0.05, 0.1) is 6.26 Å². The van der Waals surface area contributed by atoms with E-state index in [1.165, 1.54) is 0 Å². The van der Waals surface area contributed by atoms with Crippen molar-refractivity contribution in [1.29, 1.82) is 0 Å². The van der Waals surface area contributed by atoms with Crippen LogP contribution in [0.4, 0.5) is 5.82 Å². The summed E-state index contributed by atoms with van der Waals surface area (Å²) < 4.78 is 5.17. The fourth-order valence-electron chi connectivity index (χ4n) is 1.86. The Hall–Kier alpha value is -1.81. The maximum Gasteiger partial charge on any atom is 0.132 e. The summed E-state index contributed by atoms with van der Waals surface area (Å²) in [6.45, 7) is 4.03. The Bertz CT molecular complexity index is 482. The molecule has 0 aliphatic carbocycles. The largest absolute Gasteiger partial charge is 0.467 e. The maximum atomic E-state index is 9.96. The number of hydrogen-bond acceptors (Lipinski definition) is 4. The molecular formula is C14H18N2O2. The van der Waals surface area contributed by atoms with Gasteiger partial charge in [0.2, 0.25) is 0 Å². The number of aliphatic hydroxyl groups excluding tert-OH is 1. The minimum absolute atomic E-state index is 0.111. The Morgan fingerprint density at radius 2 is 2.28 bits per heavy atom. The van der Waals surface area contributed by atoms with Gasteiger partial charge < -0.3 is 14.8 Å². The second-order valence-corrected chi connectivity index (χ2v) is 4.53. The van der Waals surface area contributed by atoms with E-state index in [2.05, 4.69) is 10.3 Å². The molecule has 96 valence electrons. The molecule has 0 aliphatic rings. The molecule has 4 nitrogen and oxygen atoms in total. The lowest BCUT2D eigenvalue weighted by molar-refractivity contribution is 0.136. The average Bonchev–Trinajstić information content (AvgIpc) is 2.81. The van der Waals surface area contributed by atoms with Crippen LogP contribution in [0.2, 0.25) is 0 Å². The molecule has 2 rings (SSSR count). The summed E-state index contributed by atoms with van der Waals surface area (Å²) in [6, 6.07) is 7.60. The number of aryl methyl sites for hydroxylation is 1. The van der Waals surface area contributed by atoms with Crippen LogP contribution in [-0.4, -0.2) is 16.1 Å². The number of nitrogens with zero attached hydrogens (tertiary/aromatic N) is 1. The van der Waals surface area contributed by atoms with Gasteiger partial charge >= 0.3 is 0 Å². The zero-order chi connectivity index (χ0) is 13.0. The van der Waals surface area contributed by atoms with Gasteiger partial charge in [-0.2, -0.15) is 0 Å². The van der Waals surface area contributed by atoms with Crippen LogP contribution in [0, 0.1) is 6.92 Å². The van der Waals surface area contributed by atoms with E-state index in [-0.39, 0.29) is 6.04 Å². The molecule has 0 amide bonds. The Balaban J connectivity index is 1.91. The van der Waals surface area contributed by atoms with E-state index in [0.717, 1.165) is 11.4 Å². The van der Waals surface area contributed by atoms with E-state index < -0.39 is 6.10 Å². The first-order chi connectivity index (χ1) is 8.65. The van der Waals surface area contributed by atoms with Crippen molar-refractivity contribution in [3.8, 4) is 0 Å². The molecule has 2 heterocycles. The molecule has 0 aromatic carbocycles. The van der Waals surface area contributed by atoms with E-state index in [1.54, 1.807) is 24.6 Å². The summed E-state index contributed by atoms with van der Waals surface area (Å²) in [5, 5.41) is 13.2. The topological polar surface area (TPSA) is 58.3 Å². The number of aromatic nitrogens is 1. The number of furan rings is 1. The molecule has 0 saturated heterocycles. The van der Waals surface area contributed by atoms with Crippen LogP contribution in [0.25, 0.3) is 0 Å². The molecule has 2 N–H and O–H groups in total. The fraction of sp³-hybridized carbons (Fsp3) is 0.357. The van der Waals surface area contributed by atoms with Crippen molar-refractivity contribution in [3.63, 3.8) is 0 Å². The highest BCUT2D eigenvalue weighted by Crippen LogP contribution is 2.20. The average molecular weight is 246 g/mol. The first-order valence-corrected chi connectivity index (χ1v) is 6.06. The molecule has 0 unspecified atom stereocenters. The second kappa shape index (κ2) is 5.69. The first kappa shape index (κ1) is 12.6. The van der Waals surface area contributed by atoms with E-state index in [9.17, 15) is 5.11 Å². The van der Waals surface area contributed by atoms with Crippen molar-refractivity contribution in [1.82, 2.24) is 4.98 Å². The third-order valence-corrected chi connectivity index (χ3v) is 2.76. The van der Waals surface area contributed by atoms with Gasteiger partial charge in [-0.25, -0.2) is 4.98 Å². The number of hydrogen-bond donors (Lipinski definition) is 2. The van der Waals surface area contributed by atoms with Crippen LogP contribution in [-0.2, 0) is 0 Å². The molecular weight excluding hydrogens is 228 g/mol. The number of aliphatic hydroxyl groups is 1. The fourth-order valence-corrected chi connectivity index (χ4v) is 1.86. The SMILES string of the molecule is Cc1ccnc(N[C@H](C)C[C@@H](O)c2ccco2)c1. The summed E-state index contributed by atoms with van der Waals surface area (Å²) in [5.74, 6) is 1.43. The van der Waals surface area contributed by atoms with Crippen molar-refractivity contribution in [3.05, 3.63) is 48.0 Å². The van der Waals surface area contributed by atoms with E-state index >= 15 is 0 Å². The first-order valence-electron chi connectivity index (χ1n) is 6.06. The van der Waals surface area contributed by atoms with Crippen LogP contribution in [0.1, 0.15) is 30.8 Å². The van der Waals surface area contributed by atoms with Crippen LogP contribution >= 0.6 is 0 Å². The zero-order valence-corrected chi connectivity index (χ0v) is 10.6. The number of nitrogens with one attached hydrogen (secondary N) is 1. The Kier molecular flexibility index (Phi) is 3.99. The van der Waals surface area contributed by atoms with Gasteiger partial charge in [0.1, 0.15) is 17.7 Å². The molecule has 18 heavy (non-hydrogen) atoms. The van der Waals surface area contributed by atoms with Crippen molar-refractivity contribution < 1.29 is 9.52 Å².